The van der Waals surface area contributed by atoms with E-state index in [-0.39, 0.29) is 25.3 Å². The fourth-order valence-corrected chi connectivity index (χ4v) is 2.79. The van der Waals surface area contributed by atoms with E-state index in [0.29, 0.717) is 12.0 Å². The van der Waals surface area contributed by atoms with Crippen LogP contribution in [0.25, 0.3) is 11.0 Å². The Labute approximate surface area is 167 Å². The Kier molecular flexibility index (Phi) is 6.63. The van der Waals surface area contributed by atoms with Crippen molar-refractivity contribution < 1.29 is 23.5 Å². The fourth-order valence-electron chi connectivity index (χ4n) is 2.79. The number of rotatable bonds is 7. The van der Waals surface area contributed by atoms with Gasteiger partial charge in [0, 0.05) is 24.1 Å². The molecule has 0 aliphatic heterocycles. The van der Waals surface area contributed by atoms with Crippen molar-refractivity contribution in [2.45, 2.75) is 26.4 Å². The third-order valence-corrected chi connectivity index (χ3v) is 4.23. The van der Waals surface area contributed by atoms with Gasteiger partial charge in [-0.25, -0.2) is 9.59 Å². The summed E-state index contributed by atoms with van der Waals surface area (Å²) >= 11 is 0. The zero-order valence-electron chi connectivity index (χ0n) is 16.0. The van der Waals surface area contributed by atoms with Gasteiger partial charge in [-0.3, -0.25) is 4.79 Å². The van der Waals surface area contributed by atoms with E-state index in [9.17, 15) is 14.4 Å². The van der Waals surface area contributed by atoms with Crippen molar-refractivity contribution in [1.82, 2.24) is 5.32 Å². The maximum absolute atomic E-state index is 12.0. The van der Waals surface area contributed by atoms with Crippen molar-refractivity contribution in [1.29, 1.82) is 0 Å². The van der Waals surface area contributed by atoms with E-state index in [1.54, 1.807) is 12.1 Å². The van der Waals surface area contributed by atoms with Gasteiger partial charge < -0.3 is 19.2 Å². The zero-order chi connectivity index (χ0) is 20.6. The highest BCUT2D eigenvalue weighted by atomic mass is 16.5. The van der Waals surface area contributed by atoms with Gasteiger partial charge in [-0.1, -0.05) is 37.3 Å². The molecule has 0 saturated carbocycles. The van der Waals surface area contributed by atoms with E-state index in [1.165, 1.54) is 12.1 Å². The predicted octanol–water partition coefficient (Wildman–Crippen LogP) is 3.58. The molecule has 0 radical (unpaired) electrons. The third-order valence-electron chi connectivity index (χ3n) is 4.23. The standard InChI is InChI=1S/C22H21NO6/c1-2-16-12-21(25)29-19-13-17(8-9-18(16)19)28-20(24)10-11-23-22(26)27-14-15-6-4-3-5-7-15/h3-9,12-13H,2,10-11,14H2,1H3,(H,23,26). The molecule has 0 spiro atoms. The lowest BCUT2D eigenvalue weighted by atomic mass is 10.1. The molecular formula is C22H21NO6. The Morgan fingerprint density at radius 1 is 1.07 bits per heavy atom. The molecule has 7 nitrogen and oxygen atoms in total. The van der Waals surface area contributed by atoms with Crippen LogP contribution in [-0.4, -0.2) is 18.6 Å². The second kappa shape index (κ2) is 9.54. The minimum Gasteiger partial charge on any atom is -0.445 e. The molecule has 0 unspecified atom stereocenters. The molecule has 0 atom stereocenters. The summed E-state index contributed by atoms with van der Waals surface area (Å²) in [6, 6.07) is 15.6. The van der Waals surface area contributed by atoms with Gasteiger partial charge in [-0.2, -0.15) is 0 Å². The Morgan fingerprint density at radius 3 is 2.62 bits per heavy atom. The molecule has 0 bridgehead atoms. The topological polar surface area (TPSA) is 94.8 Å². The van der Waals surface area contributed by atoms with Crippen LogP contribution in [0, 0.1) is 0 Å². The summed E-state index contributed by atoms with van der Waals surface area (Å²) in [6.07, 6.45) is 0.0475. The molecule has 0 saturated heterocycles. The Balaban J connectivity index is 1.48. The third kappa shape index (κ3) is 5.68. The number of nitrogens with one attached hydrogen (secondary N) is 1. The molecule has 1 aromatic heterocycles. The maximum Gasteiger partial charge on any atom is 0.407 e. The van der Waals surface area contributed by atoms with Gasteiger partial charge in [0.25, 0.3) is 0 Å². The first-order valence-corrected chi connectivity index (χ1v) is 9.27. The lowest BCUT2D eigenvalue weighted by Gasteiger charge is -2.08. The van der Waals surface area contributed by atoms with Crippen LogP contribution in [0.15, 0.2) is 63.8 Å². The van der Waals surface area contributed by atoms with E-state index < -0.39 is 17.7 Å². The van der Waals surface area contributed by atoms with Crippen LogP contribution in [-0.2, 0) is 22.6 Å². The van der Waals surface area contributed by atoms with Gasteiger partial charge in [0.15, 0.2) is 0 Å². The number of hydrogen-bond acceptors (Lipinski definition) is 6. The van der Waals surface area contributed by atoms with Crippen molar-refractivity contribution in [3.63, 3.8) is 0 Å². The molecule has 0 aliphatic carbocycles. The Morgan fingerprint density at radius 2 is 1.86 bits per heavy atom. The fraction of sp³-hybridized carbons (Fsp3) is 0.227. The van der Waals surface area contributed by atoms with Gasteiger partial charge in [-0.15, -0.1) is 0 Å². The van der Waals surface area contributed by atoms with Crippen molar-refractivity contribution in [2.75, 3.05) is 6.54 Å². The second-order valence-electron chi connectivity index (χ2n) is 6.31. The summed E-state index contributed by atoms with van der Waals surface area (Å²) in [5.74, 6) is -0.257. The second-order valence-corrected chi connectivity index (χ2v) is 6.31. The number of benzene rings is 2. The Bertz CT molecular complexity index is 1060. The Hall–Kier alpha value is -3.61. The first-order chi connectivity index (χ1) is 14.0. The average Bonchev–Trinajstić information content (AvgIpc) is 2.72. The summed E-state index contributed by atoms with van der Waals surface area (Å²) in [5, 5.41) is 3.30. The van der Waals surface area contributed by atoms with Gasteiger partial charge in [0.05, 0.1) is 6.42 Å². The van der Waals surface area contributed by atoms with Crippen LogP contribution < -0.4 is 15.7 Å². The van der Waals surface area contributed by atoms with E-state index in [4.69, 9.17) is 13.9 Å². The SMILES string of the molecule is CCc1cc(=O)oc2cc(OC(=O)CCNC(=O)OCc3ccccc3)ccc12. The molecule has 0 fully saturated rings. The van der Waals surface area contributed by atoms with E-state index in [0.717, 1.165) is 16.5 Å². The number of carbonyl (C=O) groups is 2. The number of fused-ring (bicyclic) bond motifs is 1. The van der Waals surface area contributed by atoms with Gasteiger partial charge in [0.2, 0.25) is 0 Å². The average molecular weight is 395 g/mol. The number of alkyl carbamates (subject to hydrolysis) is 1. The number of amides is 1. The monoisotopic (exact) mass is 395 g/mol. The molecule has 150 valence electrons. The zero-order valence-corrected chi connectivity index (χ0v) is 16.0. The number of ether oxygens (including phenoxy) is 2. The molecule has 3 rings (SSSR count). The van der Waals surface area contributed by atoms with Crippen LogP contribution in [0.5, 0.6) is 5.75 Å². The van der Waals surface area contributed by atoms with Crippen LogP contribution in [0.4, 0.5) is 4.79 Å². The first kappa shape index (κ1) is 20.1. The minimum absolute atomic E-state index is 0.0303. The van der Waals surface area contributed by atoms with Crippen LogP contribution in [0.2, 0.25) is 0 Å². The lowest BCUT2D eigenvalue weighted by molar-refractivity contribution is -0.134. The molecule has 3 aromatic rings. The highest BCUT2D eigenvalue weighted by Gasteiger charge is 2.10. The van der Waals surface area contributed by atoms with Crippen molar-refractivity contribution >= 4 is 23.0 Å². The molecular weight excluding hydrogens is 374 g/mol. The molecule has 1 amide bonds. The lowest BCUT2D eigenvalue weighted by Crippen LogP contribution is -2.27. The number of carbonyl (C=O) groups excluding carboxylic acids is 2. The van der Waals surface area contributed by atoms with E-state index in [1.807, 2.05) is 37.3 Å². The molecule has 1 N–H and O–H groups in total. The molecule has 2 aromatic carbocycles. The highest BCUT2D eigenvalue weighted by Crippen LogP contribution is 2.23. The normalized spacial score (nSPS) is 10.5. The van der Waals surface area contributed by atoms with E-state index >= 15 is 0 Å². The number of hydrogen-bond donors (Lipinski definition) is 1. The van der Waals surface area contributed by atoms with E-state index in [2.05, 4.69) is 5.32 Å². The van der Waals surface area contributed by atoms with Crippen molar-refractivity contribution in [3.8, 4) is 5.75 Å². The van der Waals surface area contributed by atoms with Crippen LogP contribution >= 0.6 is 0 Å². The summed E-state index contributed by atoms with van der Waals surface area (Å²) in [5.41, 5.74) is 1.65. The highest BCUT2D eigenvalue weighted by molar-refractivity contribution is 5.82. The largest absolute Gasteiger partial charge is 0.445 e. The van der Waals surface area contributed by atoms with Crippen LogP contribution in [0.1, 0.15) is 24.5 Å². The maximum atomic E-state index is 12.0. The quantitative estimate of drug-likeness (QED) is 0.373. The van der Waals surface area contributed by atoms with Gasteiger partial charge in [0.1, 0.15) is 17.9 Å². The van der Waals surface area contributed by atoms with Gasteiger partial charge >= 0.3 is 17.7 Å². The summed E-state index contributed by atoms with van der Waals surface area (Å²) in [6.45, 7) is 2.17. The van der Waals surface area contributed by atoms with Gasteiger partial charge in [-0.05, 0) is 29.7 Å². The number of esters is 1. The first-order valence-electron chi connectivity index (χ1n) is 9.27. The van der Waals surface area contributed by atoms with Crippen LogP contribution in [0.3, 0.4) is 0 Å². The number of aryl methyl sites for hydroxylation is 1. The molecule has 0 aliphatic rings. The predicted molar refractivity (Wildman–Crippen MR) is 107 cm³/mol. The molecule has 1 heterocycles. The summed E-state index contributed by atoms with van der Waals surface area (Å²) in [4.78, 5) is 35.3. The van der Waals surface area contributed by atoms with Crippen molar-refractivity contribution in [3.05, 3.63) is 76.1 Å². The molecule has 7 heteroatoms. The molecule has 29 heavy (non-hydrogen) atoms. The van der Waals surface area contributed by atoms with Crippen molar-refractivity contribution in [2.24, 2.45) is 0 Å². The summed E-state index contributed by atoms with van der Waals surface area (Å²) < 4.78 is 15.5. The summed E-state index contributed by atoms with van der Waals surface area (Å²) in [7, 11) is 0. The smallest absolute Gasteiger partial charge is 0.407 e. The minimum atomic E-state index is -0.610.